The fourth-order valence-electron chi connectivity index (χ4n) is 1.52. The largest absolute Gasteiger partial charge is 0.383 e. The Hall–Kier alpha value is -1.51. The van der Waals surface area contributed by atoms with Crippen LogP contribution in [0.4, 0.5) is 5.69 Å². The summed E-state index contributed by atoms with van der Waals surface area (Å²) in [6, 6.07) is 13.0. The van der Waals surface area contributed by atoms with Crippen molar-refractivity contribution < 1.29 is 0 Å². The molecule has 2 aromatic carbocycles. The number of benzene rings is 2. The van der Waals surface area contributed by atoms with Crippen molar-refractivity contribution in [1.29, 1.82) is 0 Å². The minimum Gasteiger partial charge on any atom is -0.383 e. The van der Waals surface area contributed by atoms with Crippen molar-refractivity contribution in [3.63, 3.8) is 0 Å². The van der Waals surface area contributed by atoms with Crippen LogP contribution >= 0.6 is 23.2 Å². The van der Waals surface area contributed by atoms with E-state index in [1.807, 2.05) is 37.3 Å². The number of nitrogens with two attached hydrogens (primary N) is 1. The van der Waals surface area contributed by atoms with E-state index >= 15 is 0 Å². The van der Waals surface area contributed by atoms with Gasteiger partial charge < -0.3 is 5.73 Å². The lowest BCUT2D eigenvalue weighted by Gasteiger charge is -2.05. The molecule has 0 unspecified atom stereocenters. The van der Waals surface area contributed by atoms with Gasteiger partial charge in [0.15, 0.2) is 0 Å². The zero-order chi connectivity index (χ0) is 13.1. The average molecular weight is 279 g/mol. The van der Waals surface area contributed by atoms with Crippen LogP contribution in [0.15, 0.2) is 47.5 Å². The molecular weight excluding hydrogens is 267 g/mol. The molecule has 2 nitrogen and oxygen atoms in total. The molecule has 0 atom stereocenters. The lowest BCUT2D eigenvalue weighted by atomic mass is 10.2. The number of aliphatic imine (C=N–C) groups is 1. The fourth-order valence-corrected chi connectivity index (χ4v) is 1.94. The number of halogens is 2. The first kappa shape index (κ1) is 12.9. The van der Waals surface area contributed by atoms with Crippen molar-refractivity contribution in [2.75, 3.05) is 0 Å². The summed E-state index contributed by atoms with van der Waals surface area (Å²) < 4.78 is 0. The molecule has 0 saturated carbocycles. The van der Waals surface area contributed by atoms with Crippen molar-refractivity contribution in [2.45, 2.75) is 6.92 Å². The molecule has 2 aromatic rings. The molecule has 0 aliphatic rings. The van der Waals surface area contributed by atoms with Crippen molar-refractivity contribution in [2.24, 2.45) is 10.7 Å². The van der Waals surface area contributed by atoms with Crippen LogP contribution in [0.1, 0.15) is 11.1 Å². The molecule has 0 spiro atoms. The van der Waals surface area contributed by atoms with E-state index in [2.05, 4.69) is 4.99 Å². The number of hydrogen-bond donors (Lipinski definition) is 1. The molecule has 0 amide bonds. The highest BCUT2D eigenvalue weighted by molar-refractivity contribution is 6.35. The van der Waals surface area contributed by atoms with Gasteiger partial charge in [-0.1, -0.05) is 53.5 Å². The van der Waals surface area contributed by atoms with Gasteiger partial charge >= 0.3 is 0 Å². The third-order valence-corrected chi connectivity index (χ3v) is 3.25. The van der Waals surface area contributed by atoms with E-state index in [1.54, 1.807) is 12.1 Å². The van der Waals surface area contributed by atoms with Crippen LogP contribution in [0, 0.1) is 6.92 Å². The van der Waals surface area contributed by atoms with Gasteiger partial charge in [-0.15, -0.1) is 0 Å². The van der Waals surface area contributed by atoms with E-state index < -0.39 is 0 Å². The second-order valence-corrected chi connectivity index (χ2v) is 4.73. The second kappa shape index (κ2) is 5.42. The van der Waals surface area contributed by atoms with Gasteiger partial charge in [0, 0.05) is 10.6 Å². The normalized spacial score (nSPS) is 11.6. The highest BCUT2D eigenvalue weighted by atomic mass is 35.5. The molecule has 0 aromatic heterocycles. The molecular formula is C14H12Cl2N2. The number of hydrogen-bond acceptors (Lipinski definition) is 1. The van der Waals surface area contributed by atoms with Crippen LogP contribution in [-0.2, 0) is 0 Å². The summed E-state index contributed by atoms with van der Waals surface area (Å²) in [6.07, 6.45) is 0. The molecule has 0 saturated heterocycles. The smallest absolute Gasteiger partial charge is 0.131 e. The summed E-state index contributed by atoms with van der Waals surface area (Å²) in [6.45, 7) is 1.89. The Labute approximate surface area is 116 Å². The van der Waals surface area contributed by atoms with Gasteiger partial charge in [-0.05, 0) is 24.6 Å². The number of aryl methyl sites for hydroxylation is 1. The van der Waals surface area contributed by atoms with Crippen LogP contribution in [0.5, 0.6) is 0 Å². The van der Waals surface area contributed by atoms with Gasteiger partial charge in [0.2, 0.25) is 0 Å². The summed E-state index contributed by atoms with van der Waals surface area (Å²) in [7, 11) is 0. The van der Waals surface area contributed by atoms with Gasteiger partial charge in [-0.2, -0.15) is 0 Å². The number of nitrogens with zero attached hydrogens (tertiary/aromatic N) is 1. The van der Waals surface area contributed by atoms with Crippen molar-refractivity contribution in [1.82, 2.24) is 0 Å². The van der Waals surface area contributed by atoms with E-state index in [1.165, 1.54) is 0 Å². The molecule has 0 aliphatic carbocycles. The molecule has 0 heterocycles. The third kappa shape index (κ3) is 2.84. The van der Waals surface area contributed by atoms with Crippen LogP contribution in [-0.4, -0.2) is 5.84 Å². The Bertz CT molecular complexity index is 592. The summed E-state index contributed by atoms with van der Waals surface area (Å²) in [4.78, 5) is 4.31. The highest BCUT2D eigenvalue weighted by Crippen LogP contribution is 2.31. The highest BCUT2D eigenvalue weighted by Gasteiger charge is 2.05. The lowest BCUT2D eigenvalue weighted by Crippen LogP contribution is -2.12. The van der Waals surface area contributed by atoms with Crippen LogP contribution in [0.3, 0.4) is 0 Å². The average Bonchev–Trinajstić information content (AvgIpc) is 2.37. The first-order valence-electron chi connectivity index (χ1n) is 5.43. The van der Waals surface area contributed by atoms with Gasteiger partial charge in [0.25, 0.3) is 0 Å². The molecule has 18 heavy (non-hydrogen) atoms. The van der Waals surface area contributed by atoms with Gasteiger partial charge in [-0.25, -0.2) is 4.99 Å². The minimum absolute atomic E-state index is 0.414. The molecule has 4 heteroatoms. The zero-order valence-corrected chi connectivity index (χ0v) is 11.3. The Morgan fingerprint density at radius 3 is 2.39 bits per heavy atom. The van der Waals surface area contributed by atoms with E-state index in [-0.39, 0.29) is 0 Å². The molecule has 0 bridgehead atoms. The van der Waals surface area contributed by atoms with Crippen molar-refractivity contribution in [3.8, 4) is 0 Å². The number of rotatable bonds is 2. The maximum atomic E-state index is 6.11. The standard InChI is InChI=1S/C14H12Cl2N2/c1-9-7-12(16)13(8-11(9)15)18-14(17)10-5-3-2-4-6-10/h2-8H,1H3,(H2,17,18). The lowest BCUT2D eigenvalue weighted by molar-refractivity contribution is 1.41. The van der Waals surface area contributed by atoms with Gasteiger partial charge in [-0.3, -0.25) is 0 Å². The Kier molecular flexibility index (Phi) is 3.90. The summed E-state index contributed by atoms with van der Waals surface area (Å²) in [5, 5.41) is 1.16. The first-order valence-corrected chi connectivity index (χ1v) is 6.19. The third-order valence-electron chi connectivity index (χ3n) is 2.54. The molecule has 92 valence electrons. The zero-order valence-electron chi connectivity index (χ0n) is 9.82. The Morgan fingerprint density at radius 2 is 1.72 bits per heavy atom. The SMILES string of the molecule is Cc1cc(Cl)c(N=C(N)c2ccccc2)cc1Cl. The molecule has 2 rings (SSSR count). The predicted octanol–water partition coefficient (Wildman–Crippen LogP) is 4.34. The topological polar surface area (TPSA) is 38.4 Å². The Balaban J connectivity index is 2.42. The monoisotopic (exact) mass is 278 g/mol. The van der Waals surface area contributed by atoms with Crippen LogP contribution in [0.25, 0.3) is 0 Å². The predicted molar refractivity (Wildman–Crippen MR) is 78.0 cm³/mol. The van der Waals surface area contributed by atoms with E-state index in [4.69, 9.17) is 28.9 Å². The number of amidine groups is 1. The molecule has 0 aliphatic heterocycles. The maximum Gasteiger partial charge on any atom is 0.131 e. The van der Waals surface area contributed by atoms with Crippen molar-refractivity contribution in [3.05, 3.63) is 63.6 Å². The first-order chi connectivity index (χ1) is 8.58. The summed E-state index contributed by atoms with van der Waals surface area (Å²) in [5.41, 5.74) is 8.28. The second-order valence-electron chi connectivity index (χ2n) is 3.92. The minimum atomic E-state index is 0.414. The van der Waals surface area contributed by atoms with E-state index in [0.717, 1.165) is 11.1 Å². The molecule has 0 fully saturated rings. The fraction of sp³-hybridized carbons (Fsp3) is 0.0714. The summed E-state index contributed by atoms with van der Waals surface area (Å²) in [5.74, 6) is 0.414. The van der Waals surface area contributed by atoms with Crippen LogP contribution in [0.2, 0.25) is 10.0 Å². The maximum absolute atomic E-state index is 6.11. The van der Waals surface area contributed by atoms with E-state index in [0.29, 0.717) is 21.6 Å². The van der Waals surface area contributed by atoms with Gasteiger partial charge in [0.1, 0.15) is 5.84 Å². The quantitative estimate of drug-likeness (QED) is 0.644. The molecule has 2 N–H and O–H groups in total. The van der Waals surface area contributed by atoms with Crippen molar-refractivity contribution >= 4 is 34.7 Å². The molecule has 0 radical (unpaired) electrons. The van der Waals surface area contributed by atoms with Gasteiger partial charge in [0.05, 0.1) is 10.7 Å². The summed E-state index contributed by atoms with van der Waals surface area (Å²) >= 11 is 12.2. The van der Waals surface area contributed by atoms with Crippen LogP contribution < -0.4 is 5.73 Å². The Morgan fingerprint density at radius 1 is 1.06 bits per heavy atom. The van der Waals surface area contributed by atoms with E-state index in [9.17, 15) is 0 Å².